The first-order chi connectivity index (χ1) is 19.8. The third-order valence-electron chi connectivity index (χ3n) is 7.23. The molecule has 1 saturated heterocycles. The summed E-state index contributed by atoms with van der Waals surface area (Å²) >= 11 is 0. The van der Waals surface area contributed by atoms with Crippen LogP contribution < -0.4 is 19.7 Å². The van der Waals surface area contributed by atoms with E-state index in [4.69, 9.17) is 14.5 Å². The molecule has 0 amide bonds. The van der Waals surface area contributed by atoms with Crippen LogP contribution in [0.1, 0.15) is 39.2 Å². The van der Waals surface area contributed by atoms with Gasteiger partial charge in [-0.2, -0.15) is 0 Å². The minimum atomic E-state index is -0.995. The van der Waals surface area contributed by atoms with Crippen LogP contribution in [0.25, 0.3) is 11.1 Å². The van der Waals surface area contributed by atoms with Crippen LogP contribution in [0.4, 0.5) is 17.5 Å². The van der Waals surface area contributed by atoms with Crippen LogP contribution >= 0.6 is 0 Å². The molecule has 1 aliphatic heterocycles. The number of ether oxygens (including phenoxy) is 2. The SMILES string of the molecule is CCOc1ccccc1O[C@@H]1CCCN(c2cncc(Nc3cc(-c4cccc(C(C)(C)C(=O)O)c4)ccn3)n2)C1. The van der Waals surface area contributed by atoms with E-state index in [1.807, 2.05) is 67.6 Å². The Balaban J connectivity index is 1.29. The summed E-state index contributed by atoms with van der Waals surface area (Å²) in [6.45, 7) is 7.51. The highest BCUT2D eigenvalue weighted by molar-refractivity contribution is 5.81. The third-order valence-corrected chi connectivity index (χ3v) is 7.23. The van der Waals surface area contributed by atoms with Crippen molar-refractivity contribution in [3.63, 3.8) is 0 Å². The zero-order valence-corrected chi connectivity index (χ0v) is 23.6. The lowest BCUT2D eigenvalue weighted by Crippen LogP contribution is -2.41. The van der Waals surface area contributed by atoms with Crippen molar-refractivity contribution < 1.29 is 19.4 Å². The van der Waals surface area contributed by atoms with Gasteiger partial charge in [-0.3, -0.25) is 9.78 Å². The predicted octanol–water partition coefficient (Wildman–Crippen LogP) is 6.09. The minimum absolute atomic E-state index is 0.00369. The number of aliphatic carboxylic acids is 1. The Morgan fingerprint density at radius 2 is 1.85 bits per heavy atom. The standard InChI is InChI=1S/C32H35N5O4/c1-4-40-26-12-5-6-13-27(26)41-25-11-8-16-37(21-25)30-20-33-19-29(36-30)35-28-18-23(14-15-34-28)22-9-7-10-24(17-22)32(2,3)31(38)39/h5-7,9-10,12-15,17-20,25H,4,8,11,16,21H2,1-3H3,(H,38,39)(H,34,35,36)/t25-/m1/s1. The summed E-state index contributed by atoms with van der Waals surface area (Å²) in [6.07, 6.45) is 7.08. The lowest BCUT2D eigenvalue weighted by Gasteiger charge is -2.33. The monoisotopic (exact) mass is 553 g/mol. The van der Waals surface area contributed by atoms with Crippen molar-refractivity contribution in [3.05, 3.63) is 84.8 Å². The largest absolute Gasteiger partial charge is 0.490 e. The number of benzene rings is 2. The van der Waals surface area contributed by atoms with E-state index < -0.39 is 11.4 Å². The summed E-state index contributed by atoms with van der Waals surface area (Å²) in [6, 6.07) is 19.2. The summed E-state index contributed by atoms with van der Waals surface area (Å²) in [4.78, 5) is 27.7. The smallest absolute Gasteiger partial charge is 0.313 e. The summed E-state index contributed by atoms with van der Waals surface area (Å²) in [7, 11) is 0. The Kier molecular flexibility index (Phi) is 8.33. The van der Waals surface area contributed by atoms with Crippen molar-refractivity contribution in [3.8, 4) is 22.6 Å². The van der Waals surface area contributed by atoms with Crippen molar-refractivity contribution in [1.29, 1.82) is 0 Å². The van der Waals surface area contributed by atoms with Gasteiger partial charge in [0.15, 0.2) is 17.3 Å². The van der Waals surface area contributed by atoms with Gasteiger partial charge in [0.1, 0.15) is 17.7 Å². The summed E-state index contributed by atoms with van der Waals surface area (Å²) < 4.78 is 12.1. The lowest BCUT2D eigenvalue weighted by atomic mass is 9.83. The first-order valence-electron chi connectivity index (χ1n) is 13.9. The molecule has 4 aromatic rings. The van der Waals surface area contributed by atoms with Crippen LogP contribution in [0.15, 0.2) is 79.3 Å². The Bertz CT molecular complexity index is 1510. The number of nitrogens with one attached hydrogen (secondary N) is 1. The fourth-order valence-corrected chi connectivity index (χ4v) is 4.83. The second kappa shape index (κ2) is 12.2. The number of carbonyl (C=O) groups is 1. The van der Waals surface area contributed by atoms with E-state index in [1.54, 1.807) is 32.4 Å². The van der Waals surface area contributed by atoms with Crippen LogP contribution in [0.5, 0.6) is 11.5 Å². The molecule has 0 aliphatic carbocycles. The number of hydrogen-bond donors (Lipinski definition) is 2. The van der Waals surface area contributed by atoms with E-state index in [9.17, 15) is 9.90 Å². The molecule has 5 rings (SSSR count). The minimum Gasteiger partial charge on any atom is -0.490 e. The van der Waals surface area contributed by atoms with Crippen molar-refractivity contribution in [2.45, 2.75) is 45.1 Å². The van der Waals surface area contributed by atoms with Gasteiger partial charge in [0.25, 0.3) is 0 Å². The molecule has 9 heteroatoms. The molecule has 3 heterocycles. The summed E-state index contributed by atoms with van der Waals surface area (Å²) in [5.74, 6) is 2.60. The number of hydrogen-bond acceptors (Lipinski definition) is 8. The van der Waals surface area contributed by atoms with Gasteiger partial charge >= 0.3 is 5.97 Å². The Morgan fingerprint density at radius 3 is 2.66 bits per heavy atom. The summed E-state index contributed by atoms with van der Waals surface area (Å²) in [5.41, 5.74) is 1.56. The van der Waals surface area contributed by atoms with E-state index >= 15 is 0 Å². The molecule has 0 unspecified atom stereocenters. The third kappa shape index (κ3) is 6.57. The fourth-order valence-electron chi connectivity index (χ4n) is 4.83. The number of carboxylic acids is 1. The predicted molar refractivity (Wildman–Crippen MR) is 159 cm³/mol. The van der Waals surface area contributed by atoms with Crippen LogP contribution in [0, 0.1) is 0 Å². The van der Waals surface area contributed by atoms with E-state index in [1.165, 1.54) is 0 Å². The van der Waals surface area contributed by atoms with Crippen molar-refractivity contribution in [2.75, 3.05) is 29.9 Å². The molecule has 1 aliphatic rings. The number of carboxylic acid groups (broad SMARTS) is 1. The average Bonchev–Trinajstić information content (AvgIpc) is 2.99. The molecule has 0 bridgehead atoms. The molecule has 1 atom stereocenters. The molecule has 212 valence electrons. The fraction of sp³-hybridized carbons (Fsp3) is 0.312. The maximum absolute atomic E-state index is 11.8. The number of nitrogens with zero attached hydrogens (tertiary/aromatic N) is 4. The topological polar surface area (TPSA) is 110 Å². The van der Waals surface area contributed by atoms with Gasteiger partial charge in [0.2, 0.25) is 0 Å². The number of aromatic nitrogens is 3. The van der Waals surface area contributed by atoms with E-state index in [-0.39, 0.29) is 6.10 Å². The summed E-state index contributed by atoms with van der Waals surface area (Å²) in [5, 5.41) is 12.9. The van der Waals surface area contributed by atoms with Gasteiger partial charge in [0.05, 0.1) is 31.0 Å². The van der Waals surface area contributed by atoms with Gasteiger partial charge in [-0.15, -0.1) is 0 Å². The van der Waals surface area contributed by atoms with Crippen LogP contribution in [-0.2, 0) is 10.2 Å². The Labute approximate surface area is 240 Å². The number of pyridine rings is 1. The number of rotatable bonds is 10. The molecule has 0 saturated carbocycles. The molecule has 0 spiro atoms. The normalized spacial score (nSPS) is 15.3. The van der Waals surface area contributed by atoms with E-state index in [2.05, 4.69) is 20.2 Å². The molecule has 2 aromatic heterocycles. The number of piperidine rings is 1. The first-order valence-corrected chi connectivity index (χ1v) is 13.9. The number of para-hydroxylation sites is 2. The van der Waals surface area contributed by atoms with Gasteiger partial charge in [-0.25, -0.2) is 9.97 Å². The zero-order chi connectivity index (χ0) is 28.8. The average molecular weight is 554 g/mol. The molecule has 41 heavy (non-hydrogen) atoms. The second-order valence-electron chi connectivity index (χ2n) is 10.5. The molecule has 2 aromatic carbocycles. The Hall–Kier alpha value is -4.66. The molecule has 0 radical (unpaired) electrons. The van der Waals surface area contributed by atoms with Crippen molar-refractivity contribution >= 4 is 23.4 Å². The molecule has 9 nitrogen and oxygen atoms in total. The van der Waals surface area contributed by atoms with Gasteiger partial charge in [-0.1, -0.05) is 36.4 Å². The quantitative estimate of drug-likeness (QED) is 0.241. The van der Waals surface area contributed by atoms with Gasteiger partial charge in [0, 0.05) is 12.7 Å². The van der Waals surface area contributed by atoms with Gasteiger partial charge in [-0.05, 0) is 74.6 Å². The molecule has 2 N–H and O–H groups in total. The Morgan fingerprint density at radius 1 is 1.05 bits per heavy atom. The van der Waals surface area contributed by atoms with Gasteiger partial charge < -0.3 is 24.8 Å². The van der Waals surface area contributed by atoms with Crippen LogP contribution in [0.3, 0.4) is 0 Å². The maximum atomic E-state index is 11.8. The highest BCUT2D eigenvalue weighted by Crippen LogP contribution is 2.31. The first kappa shape index (κ1) is 27.9. The van der Waals surface area contributed by atoms with Crippen LogP contribution in [0.2, 0.25) is 0 Å². The molecular weight excluding hydrogens is 518 g/mol. The van der Waals surface area contributed by atoms with Crippen molar-refractivity contribution in [2.24, 2.45) is 0 Å². The molecular formula is C32H35N5O4. The van der Waals surface area contributed by atoms with E-state index in [0.717, 1.165) is 53.4 Å². The number of anilines is 3. The molecule has 1 fully saturated rings. The van der Waals surface area contributed by atoms with Crippen LogP contribution in [-0.4, -0.2) is 51.8 Å². The highest BCUT2D eigenvalue weighted by atomic mass is 16.5. The lowest BCUT2D eigenvalue weighted by molar-refractivity contribution is -0.142. The maximum Gasteiger partial charge on any atom is 0.313 e. The zero-order valence-electron chi connectivity index (χ0n) is 23.6. The second-order valence-corrected chi connectivity index (χ2v) is 10.5. The highest BCUT2D eigenvalue weighted by Gasteiger charge is 2.29. The van der Waals surface area contributed by atoms with E-state index in [0.29, 0.717) is 24.8 Å². The van der Waals surface area contributed by atoms with Crippen molar-refractivity contribution in [1.82, 2.24) is 15.0 Å².